The van der Waals surface area contributed by atoms with Crippen molar-refractivity contribution in [2.45, 2.75) is 19.4 Å². The topological polar surface area (TPSA) is 81.5 Å². The van der Waals surface area contributed by atoms with Crippen molar-refractivity contribution >= 4 is 17.8 Å². The van der Waals surface area contributed by atoms with Crippen molar-refractivity contribution in [2.75, 3.05) is 0 Å². The first-order chi connectivity index (χ1) is 7.66. The Labute approximate surface area is 90.6 Å². The largest absolute Gasteiger partial charge is 0.352 e. The highest BCUT2D eigenvalue weighted by Crippen LogP contribution is 2.12. The second-order valence-electron chi connectivity index (χ2n) is 3.28. The molecule has 1 fully saturated rings. The molecule has 2 rings (SSSR count). The molecule has 0 unspecified atom stereocenters. The average Bonchev–Trinajstić information content (AvgIpc) is 2.83. The zero-order chi connectivity index (χ0) is 11.5. The Bertz CT molecular complexity index is 410. The normalized spacial score (nSPS) is 15.6. The molecule has 7 nitrogen and oxygen atoms in total. The van der Waals surface area contributed by atoms with Crippen molar-refractivity contribution in [1.29, 1.82) is 0 Å². The van der Waals surface area contributed by atoms with Gasteiger partial charge in [0.05, 0.1) is 6.33 Å². The zero-order valence-corrected chi connectivity index (χ0v) is 8.33. The van der Waals surface area contributed by atoms with E-state index in [9.17, 15) is 14.4 Å². The van der Waals surface area contributed by atoms with Crippen molar-refractivity contribution in [3.63, 3.8) is 0 Å². The number of nitrogens with zero attached hydrogens (tertiary/aromatic N) is 3. The van der Waals surface area contributed by atoms with E-state index < -0.39 is 17.8 Å². The van der Waals surface area contributed by atoms with Gasteiger partial charge in [0.1, 0.15) is 6.54 Å². The van der Waals surface area contributed by atoms with Gasteiger partial charge in [-0.05, 0) is 0 Å². The molecular weight excluding hydrogens is 214 g/mol. The van der Waals surface area contributed by atoms with Gasteiger partial charge in [0.2, 0.25) is 0 Å². The van der Waals surface area contributed by atoms with Gasteiger partial charge < -0.3 is 9.40 Å². The van der Waals surface area contributed by atoms with Gasteiger partial charge in [0.25, 0.3) is 11.8 Å². The smallest absolute Gasteiger partial charge is 0.328 e. The van der Waals surface area contributed by atoms with Gasteiger partial charge in [-0.15, -0.1) is 5.06 Å². The van der Waals surface area contributed by atoms with Crippen LogP contribution in [0, 0.1) is 0 Å². The van der Waals surface area contributed by atoms with Gasteiger partial charge in [-0.25, -0.2) is 9.78 Å². The maximum atomic E-state index is 11.3. The third-order valence-electron chi connectivity index (χ3n) is 2.07. The highest BCUT2D eigenvalue weighted by atomic mass is 16.7. The number of carbonyl (C=O) groups is 3. The molecule has 16 heavy (non-hydrogen) atoms. The van der Waals surface area contributed by atoms with E-state index in [1.165, 1.54) is 17.1 Å². The van der Waals surface area contributed by atoms with E-state index in [1.807, 2.05) is 0 Å². The molecule has 0 saturated carbocycles. The number of hydroxylamine groups is 2. The Morgan fingerprint density at radius 3 is 2.62 bits per heavy atom. The summed E-state index contributed by atoms with van der Waals surface area (Å²) < 4.78 is 1.48. The number of imidazole rings is 1. The van der Waals surface area contributed by atoms with Crippen LogP contribution in [-0.4, -0.2) is 32.4 Å². The van der Waals surface area contributed by atoms with E-state index in [0.717, 1.165) is 0 Å². The molecule has 0 aliphatic carbocycles. The first-order valence-corrected chi connectivity index (χ1v) is 4.69. The Kier molecular flexibility index (Phi) is 2.67. The van der Waals surface area contributed by atoms with Crippen molar-refractivity contribution in [1.82, 2.24) is 14.6 Å². The Morgan fingerprint density at radius 2 is 2.06 bits per heavy atom. The lowest BCUT2D eigenvalue weighted by atomic mass is 10.4. The molecule has 1 aromatic rings. The number of rotatable bonds is 3. The minimum atomic E-state index is -0.679. The lowest BCUT2D eigenvalue weighted by molar-refractivity contribution is -0.197. The van der Waals surface area contributed by atoms with Gasteiger partial charge in [-0.2, -0.15) is 0 Å². The molecule has 2 amide bonds. The fourth-order valence-electron chi connectivity index (χ4n) is 1.32. The van der Waals surface area contributed by atoms with Gasteiger partial charge in [0, 0.05) is 25.2 Å². The predicted molar refractivity (Wildman–Crippen MR) is 49.4 cm³/mol. The fourth-order valence-corrected chi connectivity index (χ4v) is 1.32. The van der Waals surface area contributed by atoms with Crippen LogP contribution in [0.25, 0.3) is 0 Å². The first kappa shape index (κ1) is 10.3. The van der Waals surface area contributed by atoms with Gasteiger partial charge in [-0.1, -0.05) is 0 Å². The SMILES string of the molecule is O=C(Cn1ccnc1)ON1C(=O)CCC1=O. The second kappa shape index (κ2) is 4.13. The van der Waals surface area contributed by atoms with Crippen molar-refractivity contribution in [3.8, 4) is 0 Å². The monoisotopic (exact) mass is 223 g/mol. The Morgan fingerprint density at radius 1 is 1.38 bits per heavy atom. The van der Waals surface area contributed by atoms with Crippen molar-refractivity contribution in [3.05, 3.63) is 18.7 Å². The average molecular weight is 223 g/mol. The summed E-state index contributed by atoms with van der Waals surface area (Å²) in [6.07, 6.45) is 4.72. The van der Waals surface area contributed by atoms with Crippen LogP contribution in [0.2, 0.25) is 0 Å². The van der Waals surface area contributed by atoms with Gasteiger partial charge in [0.15, 0.2) is 0 Å². The standard InChI is InChI=1S/C9H9N3O4/c13-7-1-2-8(14)12(7)16-9(15)5-11-4-3-10-6-11/h3-4,6H,1-2,5H2. The summed E-state index contributed by atoms with van der Waals surface area (Å²) in [5.74, 6) is -1.64. The van der Waals surface area contributed by atoms with Crippen LogP contribution in [0.5, 0.6) is 0 Å². The number of carbonyl (C=O) groups excluding carboxylic acids is 3. The van der Waals surface area contributed by atoms with Crippen LogP contribution in [0.1, 0.15) is 12.8 Å². The molecule has 0 aromatic carbocycles. The van der Waals surface area contributed by atoms with Crippen LogP contribution in [0.3, 0.4) is 0 Å². The molecule has 1 aliphatic rings. The minimum absolute atomic E-state index is 0.0863. The third kappa shape index (κ3) is 2.08. The summed E-state index contributed by atoms with van der Waals surface area (Å²) in [6.45, 7) is -0.0863. The molecule has 1 aromatic heterocycles. The molecule has 84 valence electrons. The summed E-state index contributed by atoms with van der Waals surface area (Å²) in [6, 6.07) is 0. The molecule has 7 heteroatoms. The maximum Gasteiger partial charge on any atom is 0.352 e. The zero-order valence-electron chi connectivity index (χ0n) is 8.33. The molecule has 0 N–H and O–H groups in total. The quantitative estimate of drug-likeness (QED) is 0.644. The summed E-state index contributed by atoms with van der Waals surface area (Å²) in [5.41, 5.74) is 0. The number of hydrogen-bond acceptors (Lipinski definition) is 5. The molecule has 0 bridgehead atoms. The first-order valence-electron chi connectivity index (χ1n) is 4.69. The van der Waals surface area contributed by atoms with E-state index in [2.05, 4.69) is 9.82 Å². The highest BCUT2D eigenvalue weighted by molar-refractivity contribution is 6.01. The molecule has 0 spiro atoms. The van der Waals surface area contributed by atoms with Crippen molar-refractivity contribution in [2.24, 2.45) is 0 Å². The molecule has 1 saturated heterocycles. The van der Waals surface area contributed by atoms with E-state index >= 15 is 0 Å². The minimum Gasteiger partial charge on any atom is -0.328 e. The Balaban J connectivity index is 1.92. The lowest BCUT2D eigenvalue weighted by Crippen LogP contribution is -2.33. The number of amides is 2. The summed E-state index contributed by atoms with van der Waals surface area (Å²) in [7, 11) is 0. The number of aromatic nitrogens is 2. The van der Waals surface area contributed by atoms with E-state index in [4.69, 9.17) is 0 Å². The van der Waals surface area contributed by atoms with Crippen molar-refractivity contribution < 1.29 is 19.2 Å². The second-order valence-corrected chi connectivity index (χ2v) is 3.28. The molecule has 2 heterocycles. The number of imide groups is 1. The lowest BCUT2D eigenvalue weighted by Gasteiger charge is -2.12. The highest BCUT2D eigenvalue weighted by Gasteiger charge is 2.32. The van der Waals surface area contributed by atoms with Crippen LogP contribution < -0.4 is 0 Å². The van der Waals surface area contributed by atoms with Crippen LogP contribution in [0.4, 0.5) is 0 Å². The van der Waals surface area contributed by atoms with Crippen LogP contribution >= 0.6 is 0 Å². The third-order valence-corrected chi connectivity index (χ3v) is 2.07. The van der Waals surface area contributed by atoms with Gasteiger partial charge >= 0.3 is 5.97 Å². The Hall–Kier alpha value is -2.18. The van der Waals surface area contributed by atoms with Crippen LogP contribution in [0.15, 0.2) is 18.7 Å². The number of hydrogen-bond donors (Lipinski definition) is 0. The fraction of sp³-hybridized carbons (Fsp3) is 0.333. The van der Waals surface area contributed by atoms with E-state index in [0.29, 0.717) is 5.06 Å². The summed E-state index contributed by atoms with van der Waals surface area (Å²) in [4.78, 5) is 42.0. The predicted octanol–water partition coefficient (Wildman–Crippen LogP) is -0.510. The summed E-state index contributed by atoms with van der Waals surface area (Å²) >= 11 is 0. The van der Waals surface area contributed by atoms with E-state index in [-0.39, 0.29) is 19.4 Å². The molecule has 1 aliphatic heterocycles. The summed E-state index contributed by atoms with van der Waals surface area (Å²) in [5, 5.41) is 0.527. The molecular formula is C9H9N3O4. The van der Waals surface area contributed by atoms with E-state index in [1.54, 1.807) is 6.20 Å². The molecule has 0 atom stereocenters. The maximum absolute atomic E-state index is 11.3. The van der Waals surface area contributed by atoms with Gasteiger partial charge in [-0.3, -0.25) is 9.59 Å². The van der Waals surface area contributed by atoms with Crippen LogP contribution in [-0.2, 0) is 25.8 Å². The molecule has 0 radical (unpaired) electrons.